The summed E-state index contributed by atoms with van der Waals surface area (Å²) in [5.41, 5.74) is 6.64. The number of hydrogen-bond donors (Lipinski definition) is 2. The molecule has 0 unspecified atom stereocenters. The molecule has 2 aromatic heterocycles. The minimum absolute atomic E-state index is 0.160. The van der Waals surface area contributed by atoms with Crippen LogP contribution in [0.2, 0.25) is 0 Å². The molecule has 3 N–H and O–H groups in total. The summed E-state index contributed by atoms with van der Waals surface area (Å²) in [7, 11) is 0. The van der Waals surface area contributed by atoms with Gasteiger partial charge in [-0.2, -0.15) is 9.61 Å². The zero-order valence-corrected chi connectivity index (χ0v) is 9.55. The molecular weight excluding hydrogens is 220 g/mol. The number of rotatable bonds is 2. The number of nitrogens with one attached hydrogen (secondary N) is 1. The lowest BCUT2D eigenvalue weighted by Gasteiger charge is -2.38. The van der Waals surface area contributed by atoms with Crippen molar-refractivity contribution < 1.29 is 0 Å². The second kappa shape index (κ2) is 3.56. The molecule has 0 bridgehead atoms. The third-order valence-corrected chi connectivity index (χ3v) is 3.17. The van der Waals surface area contributed by atoms with E-state index in [2.05, 4.69) is 20.0 Å². The van der Waals surface area contributed by atoms with Crippen LogP contribution < -0.4 is 16.2 Å². The highest BCUT2D eigenvalue weighted by Crippen LogP contribution is 2.23. The van der Waals surface area contributed by atoms with Crippen LogP contribution in [0, 0.1) is 12.8 Å². The molecule has 0 saturated carbocycles. The number of aryl methyl sites for hydroxylation is 1. The standard InChI is InChI=1S/C10H14N6O/c1-6-8-9(17)12-5-13-16(8)10(14-6)15-3-7(2-11)4-15/h5,7H,2-4,11H2,1H3,(H,12,13,17). The van der Waals surface area contributed by atoms with E-state index in [4.69, 9.17) is 5.73 Å². The Balaban J connectivity index is 2.07. The first-order chi connectivity index (χ1) is 8.20. The summed E-state index contributed by atoms with van der Waals surface area (Å²) in [6, 6.07) is 0. The van der Waals surface area contributed by atoms with Crippen LogP contribution in [-0.4, -0.2) is 39.2 Å². The largest absolute Gasteiger partial charge is 0.340 e. The lowest BCUT2D eigenvalue weighted by atomic mass is 10.0. The molecule has 0 radical (unpaired) electrons. The summed E-state index contributed by atoms with van der Waals surface area (Å²) in [4.78, 5) is 20.7. The molecule has 1 saturated heterocycles. The number of aromatic nitrogens is 4. The molecule has 3 rings (SSSR count). The van der Waals surface area contributed by atoms with Crippen molar-refractivity contribution in [3.63, 3.8) is 0 Å². The summed E-state index contributed by atoms with van der Waals surface area (Å²) in [6.07, 6.45) is 1.39. The predicted molar refractivity (Wildman–Crippen MR) is 63.1 cm³/mol. The summed E-state index contributed by atoms with van der Waals surface area (Å²) in [6.45, 7) is 4.26. The van der Waals surface area contributed by atoms with E-state index >= 15 is 0 Å². The van der Waals surface area contributed by atoms with Crippen LogP contribution in [0.25, 0.3) is 5.52 Å². The Morgan fingerprint density at radius 3 is 3.06 bits per heavy atom. The van der Waals surface area contributed by atoms with Crippen molar-refractivity contribution >= 4 is 11.5 Å². The first-order valence-corrected chi connectivity index (χ1v) is 5.58. The van der Waals surface area contributed by atoms with E-state index in [0.717, 1.165) is 19.0 Å². The molecule has 1 fully saturated rings. The first-order valence-electron chi connectivity index (χ1n) is 5.58. The maximum Gasteiger partial charge on any atom is 0.277 e. The van der Waals surface area contributed by atoms with Gasteiger partial charge < -0.3 is 15.6 Å². The summed E-state index contributed by atoms with van der Waals surface area (Å²) >= 11 is 0. The number of fused-ring (bicyclic) bond motifs is 1. The van der Waals surface area contributed by atoms with Gasteiger partial charge in [-0.05, 0) is 13.5 Å². The van der Waals surface area contributed by atoms with E-state index in [1.807, 2.05) is 6.92 Å². The third kappa shape index (κ3) is 1.42. The molecule has 7 heteroatoms. The van der Waals surface area contributed by atoms with Gasteiger partial charge in [-0.1, -0.05) is 0 Å². The molecule has 90 valence electrons. The van der Waals surface area contributed by atoms with E-state index < -0.39 is 0 Å². The van der Waals surface area contributed by atoms with Crippen molar-refractivity contribution in [1.82, 2.24) is 19.6 Å². The van der Waals surface area contributed by atoms with Gasteiger partial charge in [0.25, 0.3) is 5.56 Å². The van der Waals surface area contributed by atoms with Crippen molar-refractivity contribution in [2.24, 2.45) is 11.7 Å². The van der Waals surface area contributed by atoms with E-state index in [0.29, 0.717) is 23.7 Å². The summed E-state index contributed by atoms with van der Waals surface area (Å²) in [5, 5.41) is 4.14. The van der Waals surface area contributed by atoms with Crippen LogP contribution in [0.1, 0.15) is 5.69 Å². The Labute approximate surface area is 97.3 Å². The lowest BCUT2D eigenvalue weighted by Crippen LogP contribution is -2.50. The average molecular weight is 234 g/mol. The van der Waals surface area contributed by atoms with Crippen LogP contribution >= 0.6 is 0 Å². The van der Waals surface area contributed by atoms with Crippen molar-refractivity contribution in [3.05, 3.63) is 22.4 Å². The van der Waals surface area contributed by atoms with E-state index in [1.54, 1.807) is 4.52 Å². The van der Waals surface area contributed by atoms with Gasteiger partial charge >= 0.3 is 0 Å². The Morgan fingerprint density at radius 2 is 2.35 bits per heavy atom. The van der Waals surface area contributed by atoms with E-state index in [-0.39, 0.29) is 5.56 Å². The van der Waals surface area contributed by atoms with Crippen molar-refractivity contribution in [3.8, 4) is 0 Å². The molecule has 2 aromatic rings. The van der Waals surface area contributed by atoms with Crippen molar-refractivity contribution in [1.29, 1.82) is 0 Å². The number of nitrogens with two attached hydrogens (primary N) is 1. The zero-order valence-electron chi connectivity index (χ0n) is 9.55. The normalized spacial score (nSPS) is 16.5. The minimum atomic E-state index is -0.160. The predicted octanol–water partition coefficient (Wildman–Crippen LogP) is -0.879. The fourth-order valence-corrected chi connectivity index (χ4v) is 2.17. The molecule has 0 spiro atoms. The van der Waals surface area contributed by atoms with Gasteiger partial charge in [-0.3, -0.25) is 4.79 Å². The Kier molecular flexibility index (Phi) is 2.15. The van der Waals surface area contributed by atoms with Crippen LogP contribution in [0.3, 0.4) is 0 Å². The summed E-state index contributed by atoms with van der Waals surface area (Å²) in [5.74, 6) is 1.25. The Bertz CT molecular complexity index is 609. The number of anilines is 1. The van der Waals surface area contributed by atoms with Gasteiger partial charge in [0.05, 0.1) is 5.69 Å². The van der Waals surface area contributed by atoms with Gasteiger partial charge in [-0.25, -0.2) is 4.98 Å². The lowest BCUT2D eigenvalue weighted by molar-refractivity contribution is 0.411. The SMILES string of the molecule is Cc1nc(N2CC(CN)C2)n2nc[nH]c(=O)c12. The monoisotopic (exact) mass is 234 g/mol. The highest BCUT2D eigenvalue weighted by Gasteiger charge is 2.29. The number of H-pyrrole nitrogens is 1. The van der Waals surface area contributed by atoms with Gasteiger partial charge in [0.15, 0.2) is 5.52 Å². The maximum absolute atomic E-state index is 11.7. The van der Waals surface area contributed by atoms with Crippen LogP contribution in [0.4, 0.5) is 5.95 Å². The van der Waals surface area contributed by atoms with Gasteiger partial charge in [0.1, 0.15) is 6.33 Å². The number of hydrogen-bond acceptors (Lipinski definition) is 5. The fraction of sp³-hybridized carbons (Fsp3) is 0.500. The number of nitrogens with zero attached hydrogens (tertiary/aromatic N) is 4. The summed E-state index contributed by atoms with van der Waals surface area (Å²) < 4.78 is 1.60. The average Bonchev–Trinajstić information content (AvgIpc) is 2.56. The smallest absolute Gasteiger partial charge is 0.277 e. The molecule has 0 atom stereocenters. The van der Waals surface area contributed by atoms with E-state index in [1.165, 1.54) is 6.33 Å². The number of imidazole rings is 1. The van der Waals surface area contributed by atoms with E-state index in [9.17, 15) is 4.79 Å². The molecule has 17 heavy (non-hydrogen) atoms. The highest BCUT2D eigenvalue weighted by atomic mass is 16.1. The third-order valence-electron chi connectivity index (χ3n) is 3.17. The molecule has 0 aromatic carbocycles. The van der Waals surface area contributed by atoms with Crippen LogP contribution in [0.5, 0.6) is 0 Å². The molecule has 0 aliphatic carbocycles. The van der Waals surface area contributed by atoms with Crippen LogP contribution in [-0.2, 0) is 0 Å². The van der Waals surface area contributed by atoms with Crippen molar-refractivity contribution in [2.75, 3.05) is 24.5 Å². The quantitative estimate of drug-likeness (QED) is 0.704. The first kappa shape index (κ1) is 10.3. The Hall–Kier alpha value is -1.89. The van der Waals surface area contributed by atoms with Crippen molar-refractivity contribution in [2.45, 2.75) is 6.92 Å². The molecule has 7 nitrogen and oxygen atoms in total. The molecule has 1 aliphatic heterocycles. The molecular formula is C10H14N6O. The van der Waals surface area contributed by atoms with Gasteiger partial charge in [0, 0.05) is 19.0 Å². The fourth-order valence-electron chi connectivity index (χ4n) is 2.17. The second-order valence-corrected chi connectivity index (χ2v) is 4.38. The Morgan fingerprint density at radius 1 is 1.59 bits per heavy atom. The van der Waals surface area contributed by atoms with Gasteiger partial charge in [0.2, 0.25) is 5.95 Å². The minimum Gasteiger partial charge on any atom is -0.340 e. The zero-order chi connectivity index (χ0) is 12.0. The molecule has 0 amide bonds. The molecule has 3 heterocycles. The van der Waals surface area contributed by atoms with Gasteiger partial charge in [-0.15, -0.1) is 0 Å². The maximum atomic E-state index is 11.7. The highest BCUT2D eigenvalue weighted by molar-refractivity contribution is 5.56. The number of aromatic amines is 1. The second-order valence-electron chi connectivity index (χ2n) is 4.38. The molecule has 1 aliphatic rings. The topological polar surface area (TPSA) is 92.3 Å². The van der Waals surface area contributed by atoms with Crippen LogP contribution in [0.15, 0.2) is 11.1 Å².